The summed E-state index contributed by atoms with van der Waals surface area (Å²) < 4.78 is 13.0. The molecule has 1 aromatic heterocycles. The third-order valence-electron chi connectivity index (χ3n) is 4.70. The molecule has 1 saturated heterocycles. The summed E-state index contributed by atoms with van der Waals surface area (Å²) in [4.78, 5) is 12.3. The van der Waals surface area contributed by atoms with Gasteiger partial charge in [-0.25, -0.2) is 0 Å². The summed E-state index contributed by atoms with van der Waals surface area (Å²) in [5.41, 5.74) is 0.942. The van der Waals surface area contributed by atoms with Crippen LogP contribution in [0.3, 0.4) is 0 Å². The van der Waals surface area contributed by atoms with E-state index in [0.29, 0.717) is 17.5 Å². The number of ketones is 1. The van der Waals surface area contributed by atoms with E-state index in [1.54, 1.807) is 7.11 Å². The first kappa shape index (κ1) is 21.0. The van der Waals surface area contributed by atoms with Gasteiger partial charge in [-0.2, -0.15) is 5.26 Å². The average molecular weight is 414 g/mol. The van der Waals surface area contributed by atoms with Gasteiger partial charge in [0.2, 0.25) is 0 Å². The molecule has 1 aliphatic heterocycles. The molecule has 0 spiro atoms. The van der Waals surface area contributed by atoms with E-state index in [9.17, 15) is 4.79 Å². The number of aromatic nitrogens is 3. The Morgan fingerprint density at radius 3 is 2.79 bits per heavy atom. The molecule has 1 unspecified atom stereocenters. The van der Waals surface area contributed by atoms with Crippen LogP contribution in [0.15, 0.2) is 29.4 Å². The third kappa shape index (κ3) is 5.02. The second-order valence-corrected chi connectivity index (χ2v) is 7.72. The number of carbonyl (C=O) groups is 1. The van der Waals surface area contributed by atoms with Gasteiger partial charge in [0.15, 0.2) is 16.8 Å². The molecule has 8 nitrogen and oxygen atoms in total. The van der Waals surface area contributed by atoms with Gasteiger partial charge in [-0.1, -0.05) is 11.8 Å². The summed E-state index contributed by atoms with van der Waals surface area (Å²) in [5, 5.41) is 25.9. The Hall–Kier alpha value is -2.70. The number of thioether (sulfide) groups is 1. The van der Waals surface area contributed by atoms with Gasteiger partial charge in [0.1, 0.15) is 11.7 Å². The van der Waals surface area contributed by atoms with Crippen molar-refractivity contribution in [2.75, 3.05) is 19.5 Å². The zero-order chi connectivity index (χ0) is 20.8. The molecule has 0 amide bonds. The topological polar surface area (TPSA) is 114 Å². The Kier molecular flexibility index (Phi) is 7.01. The Bertz CT molecular complexity index is 913. The van der Waals surface area contributed by atoms with Crippen LogP contribution in [-0.4, -0.2) is 51.8 Å². The number of hydrogen-bond acceptors (Lipinski definition) is 8. The molecule has 1 aliphatic rings. The van der Waals surface area contributed by atoms with E-state index in [2.05, 4.69) is 10.2 Å². The van der Waals surface area contributed by atoms with Crippen LogP contribution in [0.2, 0.25) is 0 Å². The molecular weight excluding hydrogens is 390 g/mol. The Morgan fingerprint density at radius 1 is 1.45 bits per heavy atom. The van der Waals surface area contributed by atoms with Gasteiger partial charge >= 0.3 is 0 Å². The van der Waals surface area contributed by atoms with Crippen LogP contribution in [0, 0.1) is 22.7 Å². The van der Waals surface area contributed by atoms with E-state index in [-0.39, 0.29) is 23.4 Å². The molecule has 3 rings (SSSR count). The lowest BCUT2D eigenvalue weighted by atomic mass is 10.0. The molecule has 29 heavy (non-hydrogen) atoms. The molecule has 0 bridgehead atoms. The number of rotatable bonds is 9. The lowest BCUT2D eigenvalue weighted by Crippen LogP contribution is -2.22. The first-order valence-corrected chi connectivity index (χ1v) is 10.3. The summed E-state index contributed by atoms with van der Waals surface area (Å²) in [6, 6.07) is 9.45. The fourth-order valence-corrected chi connectivity index (χ4v) is 3.99. The number of methoxy groups -OCH3 is 1. The van der Waals surface area contributed by atoms with E-state index in [0.717, 1.165) is 30.8 Å². The Labute approximate surface area is 173 Å². The maximum Gasteiger partial charge on any atom is 0.192 e. The highest BCUT2D eigenvalue weighted by Gasteiger charge is 2.24. The van der Waals surface area contributed by atoms with Gasteiger partial charge in [0.05, 0.1) is 31.6 Å². The predicted octanol–water partition coefficient (Wildman–Crippen LogP) is 2.97. The molecule has 0 aliphatic carbocycles. The van der Waals surface area contributed by atoms with E-state index >= 15 is 0 Å². The van der Waals surface area contributed by atoms with Gasteiger partial charge in [-0.05, 0) is 44.0 Å². The smallest absolute Gasteiger partial charge is 0.192 e. The molecule has 1 N–H and O–H groups in total. The zero-order valence-electron chi connectivity index (χ0n) is 16.4. The van der Waals surface area contributed by atoms with Crippen LogP contribution in [-0.2, 0) is 16.1 Å². The second-order valence-electron chi connectivity index (χ2n) is 6.78. The van der Waals surface area contributed by atoms with Crippen LogP contribution in [0.1, 0.15) is 19.8 Å². The zero-order valence-corrected chi connectivity index (χ0v) is 17.2. The number of carbonyl (C=O) groups excluding carboxylic acids is 1. The van der Waals surface area contributed by atoms with Crippen molar-refractivity contribution in [1.29, 1.82) is 10.7 Å². The molecule has 152 valence electrons. The number of nitriles is 1. The highest BCUT2D eigenvalue weighted by Crippen LogP contribution is 2.28. The predicted molar refractivity (Wildman–Crippen MR) is 109 cm³/mol. The molecule has 9 heteroatoms. The van der Waals surface area contributed by atoms with Crippen LogP contribution >= 0.6 is 11.8 Å². The van der Waals surface area contributed by atoms with Crippen LogP contribution in [0.5, 0.6) is 5.75 Å². The van der Waals surface area contributed by atoms with Gasteiger partial charge in [-0.15, -0.1) is 10.2 Å². The number of Topliss-reactive ketones (excluding diaryl/α,β-unsaturated/α-hetero) is 1. The molecule has 1 fully saturated rings. The van der Waals surface area contributed by atoms with Gasteiger partial charge in [-0.3, -0.25) is 9.36 Å². The molecule has 0 radical (unpaired) electrons. The number of nitrogens with zero attached hydrogens (tertiary/aromatic N) is 4. The monoisotopic (exact) mass is 413 g/mol. The first-order chi connectivity index (χ1) is 14.0. The summed E-state index contributed by atoms with van der Waals surface area (Å²) in [7, 11) is 1.62. The maximum atomic E-state index is 12.3. The van der Waals surface area contributed by atoms with Gasteiger partial charge in [0, 0.05) is 17.9 Å². The average Bonchev–Trinajstić information content (AvgIpc) is 3.37. The number of hydrogen-bond donors (Lipinski definition) is 1. The van der Waals surface area contributed by atoms with Crippen molar-refractivity contribution in [2.45, 2.75) is 37.6 Å². The summed E-state index contributed by atoms with van der Waals surface area (Å²) in [6.45, 7) is 2.81. The standard InChI is InChI=1S/C20H23N5O3S/c1-13(22)17(10-21)18(26)12-29-20-24-23-19(14-5-7-15(27-2)8-6-14)25(20)11-16-4-3-9-28-16/h5-8,16-17,22H,3-4,9,11-12H2,1-2H3/t16-,17?/m1/s1. The Balaban J connectivity index is 1.84. The quantitative estimate of drug-likeness (QED) is 0.496. The summed E-state index contributed by atoms with van der Waals surface area (Å²) in [6.07, 6.45) is 2.06. The molecule has 1 aromatic carbocycles. The SMILES string of the molecule is COc1ccc(-c2nnc(SCC(=O)C(C#N)C(C)=N)n2C[C@H]2CCCO2)cc1. The van der Waals surface area contributed by atoms with Crippen molar-refractivity contribution < 1.29 is 14.3 Å². The lowest BCUT2D eigenvalue weighted by Gasteiger charge is -2.15. The van der Waals surface area contributed by atoms with Crippen molar-refractivity contribution in [3.63, 3.8) is 0 Å². The minimum absolute atomic E-state index is 0.0536. The maximum absolute atomic E-state index is 12.3. The first-order valence-electron chi connectivity index (χ1n) is 9.33. The highest BCUT2D eigenvalue weighted by atomic mass is 32.2. The minimum Gasteiger partial charge on any atom is -0.497 e. The largest absolute Gasteiger partial charge is 0.497 e. The van der Waals surface area contributed by atoms with Crippen molar-refractivity contribution in [2.24, 2.45) is 5.92 Å². The van der Waals surface area contributed by atoms with Crippen LogP contribution < -0.4 is 4.74 Å². The molecular formula is C20H23N5O3S. The van der Waals surface area contributed by atoms with E-state index < -0.39 is 5.92 Å². The van der Waals surface area contributed by atoms with Crippen molar-refractivity contribution in [3.05, 3.63) is 24.3 Å². The van der Waals surface area contributed by atoms with Crippen LogP contribution in [0.25, 0.3) is 11.4 Å². The fourth-order valence-electron chi connectivity index (χ4n) is 3.13. The minimum atomic E-state index is -1.02. The highest BCUT2D eigenvalue weighted by molar-refractivity contribution is 7.99. The molecule has 0 saturated carbocycles. The number of nitrogens with one attached hydrogen (secondary N) is 1. The van der Waals surface area contributed by atoms with Crippen molar-refractivity contribution in [3.8, 4) is 23.2 Å². The van der Waals surface area contributed by atoms with E-state index in [1.807, 2.05) is 34.9 Å². The number of ether oxygens (including phenoxy) is 2. The van der Waals surface area contributed by atoms with Gasteiger partial charge in [0.25, 0.3) is 0 Å². The van der Waals surface area contributed by atoms with Gasteiger partial charge < -0.3 is 14.9 Å². The normalized spacial score (nSPS) is 16.9. The lowest BCUT2D eigenvalue weighted by molar-refractivity contribution is -0.117. The second kappa shape index (κ2) is 9.67. The molecule has 2 aromatic rings. The summed E-state index contributed by atoms with van der Waals surface area (Å²) >= 11 is 1.23. The fraction of sp³-hybridized carbons (Fsp3) is 0.450. The van der Waals surface area contributed by atoms with E-state index in [4.69, 9.17) is 20.1 Å². The molecule has 2 heterocycles. The summed E-state index contributed by atoms with van der Waals surface area (Å²) in [5.74, 6) is 0.184. The number of benzene rings is 1. The van der Waals surface area contributed by atoms with Crippen molar-refractivity contribution in [1.82, 2.24) is 14.8 Å². The van der Waals surface area contributed by atoms with E-state index in [1.165, 1.54) is 18.7 Å². The van der Waals surface area contributed by atoms with Crippen LogP contribution in [0.4, 0.5) is 0 Å². The Morgan fingerprint density at radius 2 is 2.21 bits per heavy atom. The third-order valence-corrected chi connectivity index (χ3v) is 5.69. The molecule has 2 atom stereocenters. The van der Waals surface area contributed by atoms with Crippen molar-refractivity contribution >= 4 is 23.3 Å².